The van der Waals surface area contributed by atoms with Gasteiger partial charge in [-0.15, -0.1) is 0 Å². The van der Waals surface area contributed by atoms with Crippen LogP contribution in [0, 0.1) is 0 Å². The van der Waals surface area contributed by atoms with E-state index in [0.717, 1.165) is 19.4 Å². The van der Waals surface area contributed by atoms with E-state index in [1.54, 1.807) is 14.0 Å². The summed E-state index contributed by atoms with van der Waals surface area (Å²) in [6, 6.07) is -0.716. The first-order valence-corrected chi connectivity index (χ1v) is 6.16. The smallest absolute Gasteiger partial charge is 0.326 e. The second-order valence-corrected chi connectivity index (χ2v) is 4.44. The maximum absolute atomic E-state index is 11.8. The monoisotopic (exact) mass is 243 g/mol. The summed E-state index contributed by atoms with van der Waals surface area (Å²) in [5.41, 5.74) is 0. The van der Waals surface area contributed by atoms with E-state index in [4.69, 9.17) is 9.84 Å². The predicted molar refractivity (Wildman–Crippen MR) is 62.7 cm³/mol. The number of nitrogens with zero attached hydrogens (tertiary/aromatic N) is 1. The van der Waals surface area contributed by atoms with Gasteiger partial charge in [-0.25, -0.2) is 4.79 Å². The molecule has 1 saturated heterocycles. The lowest BCUT2D eigenvalue weighted by atomic mass is 10.1. The van der Waals surface area contributed by atoms with Crippen molar-refractivity contribution < 1.29 is 19.4 Å². The van der Waals surface area contributed by atoms with E-state index in [9.17, 15) is 9.59 Å². The van der Waals surface area contributed by atoms with Crippen LogP contribution in [0.5, 0.6) is 0 Å². The largest absolute Gasteiger partial charge is 0.480 e. The number of carbonyl (C=O) groups excluding carboxylic acids is 1. The zero-order chi connectivity index (χ0) is 12.8. The van der Waals surface area contributed by atoms with Gasteiger partial charge >= 0.3 is 5.97 Å². The van der Waals surface area contributed by atoms with Crippen LogP contribution in [0.2, 0.25) is 0 Å². The van der Waals surface area contributed by atoms with Crippen molar-refractivity contribution in [2.75, 3.05) is 13.7 Å². The van der Waals surface area contributed by atoms with Gasteiger partial charge < -0.3 is 14.7 Å². The first-order chi connectivity index (χ1) is 8.06. The van der Waals surface area contributed by atoms with Crippen LogP contribution in [0.15, 0.2) is 0 Å². The highest BCUT2D eigenvalue weighted by Gasteiger charge is 2.25. The van der Waals surface area contributed by atoms with Gasteiger partial charge in [0.2, 0.25) is 5.91 Å². The van der Waals surface area contributed by atoms with Gasteiger partial charge in [0.25, 0.3) is 0 Å². The molecule has 1 heterocycles. The molecular weight excluding hydrogens is 222 g/mol. The van der Waals surface area contributed by atoms with E-state index in [2.05, 4.69) is 0 Å². The zero-order valence-corrected chi connectivity index (χ0v) is 10.5. The van der Waals surface area contributed by atoms with Crippen LogP contribution in [0.4, 0.5) is 0 Å². The highest BCUT2D eigenvalue weighted by Crippen LogP contribution is 2.17. The molecule has 0 aromatic heterocycles. The lowest BCUT2D eigenvalue weighted by Gasteiger charge is -2.24. The van der Waals surface area contributed by atoms with Crippen molar-refractivity contribution in [3.63, 3.8) is 0 Å². The molecule has 1 fully saturated rings. The first-order valence-electron chi connectivity index (χ1n) is 6.16. The molecule has 1 aliphatic heterocycles. The van der Waals surface area contributed by atoms with Crippen molar-refractivity contribution in [3.8, 4) is 0 Å². The summed E-state index contributed by atoms with van der Waals surface area (Å²) in [4.78, 5) is 24.1. The normalized spacial score (nSPS) is 21.2. The number of carboxylic acid groups (broad SMARTS) is 1. The molecule has 0 bridgehead atoms. The van der Waals surface area contributed by atoms with Crippen molar-refractivity contribution in [1.29, 1.82) is 0 Å². The Kier molecular flexibility index (Phi) is 5.41. The van der Waals surface area contributed by atoms with E-state index >= 15 is 0 Å². The number of carboxylic acids is 1. The minimum absolute atomic E-state index is 0.116. The van der Waals surface area contributed by atoms with E-state index in [1.807, 2.05) is 0 Å². The number of aliphatic carboxylic acids is 1. The Morgan fingerprint density at radius 2 is 2.24 bits per heavy atom. The quantitative estimate of drug-likeness (QED) is 0.762. The molecule has 5 heteroatoms. The van der Waals surface area contributed by atoms with Gasteiger partial charge in [-0.2, -0.15) is 0 Å². The maximum Gasteiger partial charge on any atom is 0.326 e. The Balaban J connectivity index is 2.37. The van der Waals surface area contributed by atoms with Crippen molar-refractivity contribution in [3.05, 3.63) is 0 Å². The third-order valence-corrected chi connectivity index (χ3v) is 3.24. The Labute approximate surface area is 102 Å². The Morgan fingerprint density at radius 3 is 2.71 bits per heavy atom. The van der Waals surface area contributed by atoms with Gasteiger partial charge in [-0.05, 0) is 25.7 Å². The number of amides is 1. The summed E-state index contributed by atoms with van der Waals surface area (Å²) in [7, 11) is 1.56. The van der Waals surface area contributed by atoms with Gasteiger partial charge in [0.05, 0.1) is 6.10 Å². The fourth-order valence-electron chi connectivity index (χ4n) is 2.12. The molecule has 0 saturated carbocycles. The van der Waals surface area contributed by atoms with Gasteiger partial charge in [0.15, 0.2) is 0 Å². The number of carbonyl (C=O) groups is 2. The molecule has 2 atom stereocenters. The number of rotatable bonds is 6. The summed E-state index contributed by atoms with van der Waals surface area (Å²) in [5, 5.41) is 8.95. The van der Waals surface area contributed by atoms with Gasteiger partial charge in [0, 0.05) is 20.1 Å². The molecule has 1 amide bonds. The van der Waals surface area contributed by atoms with E-state index < -0.39 is 12.0 Å². The van der Waals surface area contributed by atoms with E-state index in [-0.39, 0.29) is 12.0 Å². The third kappa shape index (κ3) is 4.00. The minimum Gasteiger partial charge on any atom is -0.480 e. The average Bonchev–Trinajstić information content (AvgIpc) is 2.78. The lowest BCUT2D eigenvalue weighted by Crippen LogP contribution is -2.42. The maximum atomic E-state index is 11.8. The Hall–Kier alpha value is -1.10. The molecule has 1 rings (SSSR count). The van der Waals surface area contributed by atoms with Crippen LogP contribution < -0.4 is 0 Å². The van der Waals surface area contributed by atoms with Gasteiger partial charge in [-0.3, -0.25) is 4.79 Å². The number of hydrogen-bond acceptors (Lipinski definition) is 3. The zero-order valence-electron chi connectivity index (χ0n) is 10.5. The number of hydrogen-bond donors (Lipinski definition) is 1. The average molecular weight is 243 g/mol. The Morgan fingerprint density at radius 1 is 1.53 bits per heavy atom. The molecule has 0 spiro atoms. The first kappa shape index (κ1) is 14.0. The van der Waals surface area contributed by atoms with Crippen molar-refractivity contribution >= 4 is 11.9 Å². The standard InChI is InChI=1S/C12H21NO4/c1-3-10(12(15)16)13(2)11(14)7-6-9-5-4-8-17-9/h9-10H,3-8H2,1-2H3,(H,15,16). The SMILES string of the molecule is CCC(C(=O)O)N(C)C(=O)CCC1CCCO1. The molecule has 1 aliphatic rings. The highest BCUT2D eigenvalue weighted by atomic mass is 16.5. The molecule has 1 N–H and O–H groups in total. The number of likely N-dealkylation sites (N-methyl/N-ethyl adjacent to an activating group) is 1. The summed E-state index contributed by atoms with van der Waals surface area (Å²) in [5.74, 6) is -1.06. The van der Waals surface area contributed by atoms with Crippen LogP contribution in [-0.2, 0) is 14.3 Å². The summed E-state index contributed by atoms with van der Waals surface area (Å²) >= 11 is 0. The summed E-state index contributed by atoms with van der Waals surface area (Å²) in [6.45, 7) is 2.55. The molecule has 17 heavy (non-hydrogen) atoms. The van der Waals surface area contributed by atoms with Crippen LogP contribution in [0.1, 0.15) is 39.0 Å². The van der Waals surface area contributed by atoms with E-state index in [0.29, 0.717) is 19.3 Å². The minimum atomic E-state index is -0.944. The van der Waals surface area contributed by atoms with Crippen LogP contribution in [0.3, 0.4) is 0 Å². The second-order valence-electron chi connectivity index (χ2n) is 4.44. The summed E-state index contributed by atoms with van der Waals surface area (Å²) < 4.78 is 5.43. The third-order valence-electron chi connectivity index (χ3n) is 3.24. The molecule has 0 radical (unpaired) electrons. The molecule has 2 unspecified atom stereocenters. The highest BCUT2D eigenvalue weighted by molar-refractivity contribution is 5.83. The molecule has 98 valence electrons. The fourth-order valence-corrected chi connectivity index (χ4v) is 2.12. The topological polar surface area (TPSA) is 66.8 Å². The second kappa shape index (κ2) is 6.59. The molecule has 0 aromatic rings. The fraction of sp³-hybridized carbons (Fsp3) is 0.833. The van der Waals surface area contributed by atoms with E-state index in [1.165, 1.54) is 4.90 Å². The lowest BCUT2D eigenvalue weighted by molar-refractivity contribution is -0.149. The molecule has 0 aliphatic carbocycles. The number of ether oxygens (including phenoxy) is 1. The van der Waals surface area contributed by atoms with Gasteiger partial charge in [-0.1, -0.05) is 6.92 Å². The molecular formula is C12H21NO4. The van der Waals surface area contributed by atoms with Crippen molar-refractivity contribution in [2.45, 2.75) is 51.2 Å². The summed E-state index contributed by atoms with van der Waals surface area (Å²) in [6.07, 6.45) is 3.73. The predicted octanol–water partition coefficient (Wildman–Crippen LogP) is 1.27. The van der Waals surface area contributed by atoms with Crippen LogP contribution in [-0.4, -0.2) is 47.7 Å². The van der Waals surface area contributed by atoms with Crippen molar-refractivity contribution in [1.82, 2.24) is 4.90 Å². The van der Waals surface area contributed by atoms with Gasteiger partial charge in [0.1, 0.15) is 6.04 Å². The van der Waals surface area contributed by atoms with Crippen LogP contribution in [0.25, 0.3) is 0 Å². The van der Waals surface area contributed by atoms with Crippen molar-refractivity contribution in [2.24, 2.45) is 0 Å². The van der Waals surface area contributed by atoms with Crippen LogP contribution >= 0.6 is 0 Å². The molecule has 0 aromatic carbocycles. The Bertz CT molecular complexity index is 274. The molecule has 5 nitrogen and oxygen atoms in total.